The van der Waals surface area contributed by atoms with Crippen LogP contribution in [-0.4, -0.2) is 29.6 Å². The van der Waals surface area contributed by atoms with Crippen LogP contribution < -0.4 is 10.6 Å². The Bertz CT molecular complexity index is 1380. The predicted octanol–water partition coefficient (Wildman–Crippen LogP) is 8.26. The van der Waals surface area contributed by atoms with Crippen LogP contribution >= 0.6 is 46.3 Å². The van der Waals surface area contributed by atoms with Gasteiger partial charge in [0.25, 0.3) is 5.91 Å². The van der Waals surface area contributed by atoms with Gasteiger partial charge in [-0.25, -0.2) is 4.79 Å². The third kappa shape index (κ3) is 7.57. The number of amides is 2. The second-order valence-electron chi connectivity index (χ2n) is 9.20. The lowest BCUT2D eigenvalue weighted by Crippen LogP contribution is -2.23. The van der Waals surface area contributed by atoms with Crippen LogP contribution in [0.4, 0.5) is 10.7 Å². The second-order valence-corrected chi connectivity index (χ2v) is 12.6. The number of thiophene rings is 1. The van der Waals surface area contributed by atoms with Gasteiger partial charge in [0.05, 0.1) is 28.0 Å². The molecule has 4 rings (SSSR count). The van der Waals surface area contributed by atoms with Crippen molar-refractivity contribution in [3.63, 3.8) is 0 Å². The summed E-state index contributed by atoms with van der Waals surface area (Å²) in [6.45, 7) is 3.87. The van der Waals surface area contributed by atoms with Crippen LogP contribution in [0.25, 0.3) is 0 Å². The first-order valence-electron chi connectivity index (χ1n) is 12.9. The quantitative estimate of drug-likeness (QED) is 0.200. The maximum absolute atomic E-state index is 13.2. The number of anilines is 2. The van der Waals surface area contributed by atoms with E-state index in [4.69, 9.17) is 27.9 Å². The van der Waals surface area contributed by atoms with Gasteiger partial charge in [-0.05, 0) is 81.5 Å². The van der Waals surface area contributed by atoms with Crippen LogP contribution in [0.3, 0.4) is 0 Å². The van der Waals surface area contributed by atoms with E-state index >= 15 is 0 Å². The minimum absolute atomic E-state index is 0.206. The van der Waals surface area contributed by atoms with E-state index in [9.17, 15) is 14.4 Å². The summed E-state index contributed by atoms with van der Waals surface area (Å²) >= 11 is 15.0. The Kier molecular flexibility index (Phi) is 10.4. The number of halogens is 2. The fourth-order valence-corrected chi connectivity index (χ4v) is 7.12. The Balaban J connectivity index is 1.46. The number of aryl methyl sites for hydroxylation is 1. The van der Waals surface area contributed by atoms with Gasteiger partial charge in [0.15, 0.2) is 0 Å². The summed E-state index contributed by atoms with van der Waals surface area (Å²) in [7, 11) is 0. The number of carbonyl (C=O) groups excluding carboxylic acids is 3. The highest BCUT2D eigenvalue weighted by Gasteiger charge is 2.27. The lowest BCUT2D eigenvalue weighted by molar-refractivity contribution is -0.115. The molecule has 0 aliphatic heterocycles. The van der Waals surface area contributed by atoms with E-state index < -0.39 is 5.25 Å². The molecule has 0 saturated carbocycles. The molecule has 3 aromatic rings. The molecule has 2 aromatic carbocycles. The molecule has 0 saturated heterocycles. The van der Waals surface area contributed by atoms with Crippen molar-refractivity contribution in [1.82, 2.24) is 0 Å². The molecule has 1 atom stereocenters. The summed E-state index contributed by atoms with van der Waals surface area (Å²) < 4.78 is 5.35. The van der Waals surface area contributed by atoms with Crippen molar-refractivity contribution >= 4 is 74.8 Å². The summed E-state index contributed by atoms with van der Waals surface area (Å²) in [4.78, 5) is 40.8. The molecule has 1 aliphatic carbocycles. The van der Waals surface area contributed by atoms with Gasteiger partial charge in [0.2, 0.25) is 5.91 Å². The van der Waals surface area contributed by atoms with Crippen LogP contribution in [-0.2, 0) is 22.4 Å². The van der Waals surface area contributed by atoms with Gasteiger partial charge in [0, 0.05) is 20.5 Å². The van der Waals surface area contributed by atoms with Crippen molar-refractivity contribution < 1.29 is 19.1 Å². The highest BCUT2D eigenvalue weighted by atomic mass is 35.5. The number of thioether (sulfide) groups is 1. The number of esters is 1. The first-order chi connectivity index (χ1) is 18.8. The normalized spacial score (nSPS) is 13.9. The van der Waals surface area contributed by atoms with Crippen molar-refractivity contribution in [2.75, 3.05) is 17.2 Å². The van der Waals surface area contributed by atoms with Crippen LogP contribution in [0, 0.1) is 0 Å². The Labute approximate surface area is 246 Å². The second kappa shape index (κ2) is 13.7. The van der Waals surface area contributed by atoms with Crippen molar-refractivity contribution in [2.45, 2.75) is 62.5 Å². The van der Waals surface area contributed by atoms with Crippen LogP contribution in [0.1, 0.15) is 70.7 Å². The van der Waals surface area contributed by atoms with Gasteiger partial charge in [-0.3, -0.25) is 9.59 Å². The van der Waals surface area contributed by atoms with E-state index in [1.165, 1.54) is 35.6 Å². The average molecular weight is 606 g/mol. The first kappa shape index (κ1) is 29.5. The van der Waals surface area contributed by atoms with Crippen LogP contribution in [0.15, 0.2) is 47.4 Å². The summed E-state index contributed by atoms with van der Waals surface area (Å²) in [6.07, 6.45) is 6.14. The molecule has 206 valence electrons. The number of hydrogen-bond acceptors (Lipinski definition) is 6. The molecule has 6 nitrogen and oxygen atoms in total. The molecule has 0 bridgehead atoms. The minimum atomic E-state index is -0.457. The van der Waals surface area contributed by atoms with Crippen molar-refractivity contribution in [3.05, 3.63) is 74.1 Å². The Morgan fingerprint density at radius 2 is 1.79 bits per heavy atom. The van der Waals surface area contributed by atoms with Gasteiger partial charge >= 0.3 is 5.97 Å². The minimum Gasteiger partial charge on any atom is -0.462 e. The lowest BCUT2D eigenvalue weighted by Gasteiger charge is -2.14. The highest BCUT2D eigenvalue weighted by Crippen LogP contribution is 2.38. The van der Waals surface area contributed by atoms with E-state index in [0.29, 0.717) is 26.8 Å². The molecular weight excluding hydrogens is 575 g/mol. The maximum atomic E-state index is 13.2. The summed E-state index contributed by atoms with van der Waals surface area (Å²) in [5, 5.41) is 6.67. The number of fused-ring (bicyclic) bond motifs is 1. The Hall–Kier alpha value is -2.52. The maximum Gasteiger partial charge on any atom is 0.341 e. The number of hydrogen-bond donors (Lipinski definition) is 2. The van der Waals surface area contributed by atoms with E-state index in [1.54, 1.807) is 31.2 Å². The Morgan fingerprint density at radius 3 is 2.54 bits per heavy atom. The Morgan fingerprint density at radius 1 is 1.03 bits per heavy atom. The zero-order valence-electron chi connectivity index (χ0n) is 21.8. The fourth-order valence-electron chi connectivity index (χ4n) is 4.42. The van der Waals surface area contributed by atoms with Gasteiger partial charge in [-0.2, -0.15) is 0 Å². The summed E-state index contributed by atoms with van der Waals surface area (Å²) in [5.74, 6) is -0.943. The summed E-state index contributed by atoms with van der Waals surface area (Å²) in [5.41, 5.74) is 2.42. The highest BCUT2D eigenvalue weighted by molar-refractivity contribution is 8.00. The number of benzene rings is 2. The smallest absolute Gasteiger partial charge is 0.341 e. The van der Waals surface area contributed by atoms with Crippen LogP contribution in [0.5, 0.6) is 0 Å². The molecule has 1 aliphatic rings. The molecule has 0 fully saturated rings. The molecule has 2 amide bonds. The van der Waals surface area contributed by atoms with E-state index in [1.807, 2.05) is 19.1 Å². The molecular formula is C29H30Cl2N2O4S2. The van der Waals surface area contributed by atoms with Crippen molar-refractivity contribution in [2.24, 2.45) is 0 Å². The van der Waals surface area contributed by atoms with Crippen LogP contribution in [0.2, 0.25) is 10.0 Å². The molecule has 1 heterocycles. The monoisotopic (exact) mass is 604 g/mol. The van der Waals surface area contributed by atoms with Gasteiger partial charge in [0.1, 0.15) is 5.00 Å². The van der Waals surface area contributed by atoms with E-state index in [2.05, 4.69) is 10.6 Å². The molecule has 0 radical (unpaired) electrons. The molecule has 1 unspecified atom stereocenters. The standard InChI is InChI=1S/C29H30Cl2N2O4S2/c1-3-37-29(36)25-22-11-6-4-5-7-12-24(22)39-28(25)33-26(34)17(2)38-20-10-8-9-19(16-20)32-27(35)21-14-13-18(30)15-23(21)31/h8-10,13-17H,3-7,11-12H2,1-2H3,(H,32,35)(H,33,34). The predicted molar refractivity (Wildman–Crippen MR) is 161 cm³/mol. The number of ether oxygens (including phenoxy) is 1. The van der Waals surface area contributed by atoms with E-state index in [0.717, 1.165) is 47.4 Å². The summed E-state index contributed by atoms with van der Waals surface area (Å²) in [6, 6.07) is 12.0. The number of nitrogens with one attached hydrogen (secondary N) is 2. The number of carbonyl (C=O) groups is 3. The molecule has 2 N–H and O–H groups in total. The zero-order valence-corrected chi connectivity index (χ0v) is 24.9. The van der Waals surface area contributed by atoms with Gasteiger partial charge in [-0.1, -0.05) is 42.1 Å². The van der Waals surface area contributed by atoms with Crippen molar-refractivity contribution in [1.29, 1.82) is 0 Å². The first-order valence-corrected chi connectivity index (χ1v) is 15.4. The largest absolute Gasteiger partial charge is 0.462 e. The van der Waals surface area contributed by atoms with E-state index in [-0.39, 0.29) is 29.4 Å². The fraction of sp³-hybridized carbons (Fsp3) is 0.345. The SMILES string of the molecule is CCOC(=O)c1c(NC(=O)C(C)Sc2cccc(NC(=O)c3ccc(Cl)cc3Cl)c2)sc2c1CCCCCC2. The average Bonchev–Trinajstić information content (AvgIpc) is 3.19. The third-order valence-electron chi connectivity index (χ3n) is 6.34. The lowest BCUT2D eigenvalue weighted by atomic mass is 9.96. The number of rotatable bonds is 8. The zero-order chi connectivity index (χ0) is 27.9. The molecule has 0 spiro atoms. The molecule has 39 heavy (non-hydrogen) atoms. The van der Waals surface area contributed by atoms with Gasteiger partial charge < -0.3 is 15.4 Å². The topological polar surface area (TPSA) is 84.5 Å². The third-order valence-corrected chi connectivity index (χ3v) is 9.19. The van der Waals surface area contributed by atoms with Crippen molar-refractivity contribution in [3.8, 4) is 0 Å². The molecule has 1 aromatic heterocycles. The molecule has 10 heteroatoms. The van der Waals surface area contributed by atoms with Gasteiger partial charge in [-0.15, -0.1) is 23.1 Å².